The van der Waals surface area contributed by atoms with Crippen LogP contribution in [0.15, 0.2) is 45.8 Å². The molecule has 0 unspecified atom stereocenters. The molecule has 0 radical (unpaired) electrons. The first-order valence-electron chi connectivity index (χ1n) is 8.03. The number of amidine groups is 1. The number of rotatable bonds is 1. The second-order valence-electron chi connectivity index (χ2n) is 5.85. The van der Waals surface area contributed by atoms with Crippen molar-refractivity contribution >= 4 is 28.9 Å². The van der Waals surface area contributed by atoms with Crippen molar-refractivity contribution in [3.05, 3.63) is 46.4 Å². The lowest BCUT2D eigenvalue weighted by Gasteiger charge is -2.27. The SMILES string of the molecule is C[C@@H]1Oc2ccccc2C=C1/C=C1/SC(N2CCOCC2)=NC1=O. The first kappa shape index (κ1) is 15.5. The molecule has 4 rings (SSSR count). The summed E-state index contributed by atoms with van der Waals surface area (Å²) in [5, 5.41) is 0.778. The summed E-state index contributed by atoms with van der Waals surface area (Å²) < 4.78 is 11.3. The van der Waals surface area contributed by atoms with Crippen LogP contribution in [0.1, 0.15) is 12.5 Å². The van der Waals surface area contributed by atoms with Gasteiger partial charge in [-0.05, 0) is 42.5 Å². The largest absolute Gasteiger partial charge is 0.485 e. The van der Waals surface area contributed by atoms with E-state index in [0.717, 1.165) is 35.1 Å². The lowest BCUT2D eigenvalue weighted by molar-refractivity contribution is -0.113. The Morgan fingerprint density at radius 3 is 2.92 bits per heavy atom. The number of carbonyl (C=O) groups is 1. The highest BCUT2D eigenvalue weighted by molar-refractivity contribution is 8.18. The number of aliphatic imine (C=N–C) groups is 1. The summed E-state index contributed by atoms with van der Waals surface area (Å²) in [6, 6.07) is 7.91. The zero-order chi connectivity index (χ0) is 16.5. The Morgan fingerprint density at radius 1 is 1.29 bits per heavy atom. The van der Waals surface area contributed by atoms with Crippen LogP contribution in [-0.4, -0.2) is 48.4 Å². The molecule has 3 aliphatic heterocycles. The number of nitrogens with zero attached hydrogens (tertiary/aromatic N) is 2. The number of thioether (sulfide) groups is 1. The number of fused-ring (bicyclic) bond motifs is 1. The van der Waals surface area contributed by atoms with E-state index in [1.54, 1.807) is 0 Å². The molecular formula is C18H18N2O3S. The van der Waals surface area contributed by atoms with Gasteiger partial charge in [0.05, 0.1) is 18.1 Å². The van der Waals surface area contributed by atoms with Crippen LogP contribution < -0.4 is 4.74 Å². The van der Waals surface area contributed by atoms with Crippen LogP contribution in [0.3, 0.4) is 0 Å². The Bertz CT molecular complexity index is 763. The van der Waals surface area contributed by atoms with Crippen molar-refractivity contribution in [3.63, 3.8) is 0 Å². The van der Waals surface area contributed by atoms with Gasteiger partial charge in [0.25, 0.3) is 5.91 Å². The monoisotopic (exact) mass is 342 g/mol. The van der Waals surface area contributed by atoms with Gasteiger partial charge < -0.3 is 14.4 Å². The van der Waals surface area contributed by atoms with E-state index in [1.165, 1.54) is 11.8 Å². The topological polar surface area (TPSA) is 51.1 Å². The zero-order valence-electron chi connectivity index (χ0n) is 13.4. The van der Waals surface area contributed by atoms with E-state index in [2.05, 4.69) is 16.0 Å². The fraction of sp³-hybridized carbons (Fsp3) is 0.333. The van der Waals surface area contributed by atoms with Crippen LogP contribution in [-0.2, 0) is 9.53 Å². The highest BCUT2D eigenvalue weighted by atomic mass is 32.2. The van der Waals surface area contributed by atoms with Crippen LogP contribution in [0.25, 0.3) is 6.08 Å². The summed E-state index contributed by atoms with van der Waals surface area (Å²) in [7, 11) is 0. The molecule has 0 spiro atoms. The Labute approximate surface area is 145 Å². The van der Waals surface area contributed by atoms with Gasteiger partial charge in [0.1, 0.15) is 11.9 Å². The van der Waals surface area contributed by atoms with Gasteiger partial charge in [0, 0.05) is 18.7 Å². The minimum Gasteiger partial charge on any atom is -0.485 e. The maximum absolute atomic E-state index is 12.3. The van der Waals surface area contributed by atoms with Crippen LogP contribution >= 0.6 is 11.8 Å². The predicted molar refractivity (Wildman–Crippen MR) is 95.0 cm³/mol. The van der Waals surface area contributed by atoms with Gasteiger partial charge in [-0.2, -0.15) is 4.99 Å². The van der Waals surface area contributed by atoms with E-state index in [-0.39, 0.29) is 12.0 Å². The molecule has 24 heavy (non-hydrogen) atoms. The second-order valence-corrected chi connectivity index (χ2v) is 6.86. The van der Waals surface area contributed by atoms with Gasteiger partial charge in [-0.3, -0.25) is 4.79 Å². The lowest BCUT2D eigenvalue weighted by Crippen LogP contribution is -2.38. The minimum atomic E-state index is -0.173. The second kappa shape index (κ2) is 6.45. The summed E-state index contributed by atoms with van der Waals surface area (Å²) in [5.41, 5.74) is 2.02. The number of carbonyl (C=O) groups excluding carboxylic acids is 1. The van der Waals surface area contributed by atoms with Crippen molar-refractivity contribution in [2.24, 2.45) is 4.99 Å². The van der Waals surface area contributed by atoms with Gasteiger partial charge in [-0.1, -0.05) is 18.2 Å². The fourth-order valence-electron chi connectivity index (χ4n) is 2.86. The third kappa shape index (κ3) is 2.99. The van der Waals surface area contributed by atoms with Crippen LogP contribution in [0.5, 0.6) is 5.75 Å². The minimum absolute atomic E-state index is 0.0896. The molecule has 1 fully saturated rings. The Kier molecular flexibility index (Phi) is 4.16. The van der Waals surface area contributed by atoms with E-state index in [0.29, 0.717) is 18.1 Å². The van der Waals surface area contributed by atoms with Crippen molar-refractivity contribution in [2.75, 3.05) is 26.3 Å². The van der Waals surface area contributed by atoms with Crippen molar-refractivity contribution < 1.29 is 14.3 Å². The van der Waals surface area contributed by atoms with Crippen molar-refractivity contribution in [3.8, 4) is 5.75 Å². The lowest BCUT2D eigenvalue weighted by atomic mass is 10.0. The predicted octanol–water partition coefficient (Wildman–Crippen LogP) is 2.70. The molecule has 0 bridgehead atoms. The van der Waals surface area contributed by atoms with Crippen molar-refractivity contribution in [1.29, 1.82) is 0 Å². The number of para-hydroxylation sites is 1. The molecule has 3 heterocycles. The quantitative estimate of drug-likeness (QED) is 0.735. The molecule has 1 aromatic carbocycles. The van der Waals surface area contributed by atoms with Gasteiger partial charge in [0.15, 0.2) is 5.17 Å². The molecule has 0 N–H and O–H groups in total. The third-order valence-electron chi connectivity index (χ3n) is 4.20. The average molecular weight is 342 g/mol. The highest BCUT2D eigenvalue weighted by Gasteiger charge is 2.28. The fourth-order valence-corrected chi connectivity index (χ4v) is 3.83. The highest BCUT2D eigenvalue weighted by Crippen LogP contribution is 2.34. The van der Waals surface area contributed by atoms with Crippen molar-refractivity contribution in [2.45, 2.75) is 13.0 Å². The number of morpholine rings is 1. The maximum Gasteiger partial charge on any atom is 0.286 e. The van der Waals surface area contributed by atoms with E-state index < -0.39 is 0 Å². The average Bonchev–Trinajstić information content (AvgIpc) is 2.97. The number of hydrogen-bond acceptors (Lipinski definition) is 5. The molecule has 5 nitrogen and oxygen atoms in total. The van der Waals surface area contributed by atoms with E-state index in [9.17, 15) is 4.79 Å². The van der Waals surface area contributed by atoms with E-state index >= 15 is 0 Å². The molecule has 3 aliphatic rings. The van der Waals surface area contributed by atoms with Gasteiger partial charge >= 0.3 is 0 Å². The molecule has 1 saturated heterocycles. The maximum atomic E-state index is 12.3. The molecule has 6 heteroatoms. The van der Waals surface area contributed by atoms with E-state index in [1.807, 2.05) is 37.3 Å². The van der Waals surface area contributed by atoms with Gasteiger partial charge in [-0.15, -0.1) is 0 Å². The summed E-state index contributed by atoms with van der Waals surface area (Å²) in [6.07, 6.45) is 3.90. The molecular weight excluding hydrogens is 324 g/mol. The Balaban J connectivity index is 1.56. The summed E-state index contributed by atoms with van der Waals surface area (Å²) in [6.45, 7) is 4.91. The molecule has 0 saturated carbocycles. The Hall–Kier alpha value is -2.05. The van der Waals surface area contributed by atoms with Crippen LogP contribution in [0.2, 0.25) is 0 Å². The first-order valence-corrected chi connectivity index (χ1v) is 8.85. The van der Waals surface area contributed by atoms with Gasteiger partial charge in [-0.25, -0.2) is 0 Å². The number of benzene rings is 1. The molecule has 1 atom stereocenters. The summed E-state index contributed by atoms with van der Waals surface area (Å²) in [4.78, 5) is 19.2. The molecule has 1 amide bonds. The van der Waals surface area contributed by atoms with E-state index in [4.69, 9.17) is 9.47 Å². The number of hydrogen-bond donors (Lipinski definition) is 0. The summed E-state index contributed by atoms with van der Waals surface area (Å²) >= 11 is 1.44. The van der Waals surface area contributed by atoms with Crippen LogP contribution in [0, 0.1) is 0 Å². The first-order chi connectivity index (χ1) is 11.7. The third-order valence-corrected chi connectivity index (χ3v) is 5.25. The molecule has 1 aromatic rings. The molecule has 0 aliphatic carbocycles. The smallest absolute Gasteiger partial charge is 0.286 e. The Morgan fingerprint density at radius 2 is 2.08 bits per heavy atom. The number of ether oxygens (including phenoxy) is 2. The summed E-state index contributed by atoms with van der Waals surface area (Å²) in [5.74, 6) is 0.705. The molecule has 124 valence electrons. The zero-order valence-corrected chi connectivity index (χ0v) is 14.2. The van der Waals surface area contributed by atoms with Crippen LogP contribution in [0.4, 0.5) is 0 Å². The standard InChI is InChI=1S/C18H18N2O3S/c1-12-14(10-13-4-2-3-5-15(13)23-12)11-16-17(21)19-18(24-16)20-6-8-22-9-7-20/h2-5,10-12H,6-9H2,1H3/b16-11+/t12-/m0/s1. The normalized spacial score (nSPS) is 25.2. The number of amides is 1. The van der Waals surface area contributed by atoms with Gasteiger partial charge in [0.2, 0.25) is 0 Å². The molecule has 0 aromatic heterocycles. The van der Waals surface area contributed by atoms with Crippen molar-refractivity contribution in [1.82, 2.24) is 4.90 Å².